The maximum absolute atomic E-state index is 4.54. The minimum atomic E-state index is 0.501. The average molecular weight is 231 g/mol. The van der Waals surface area contributed by atoms with Gasteiger partial charge in [-0.15, -0.1) is 0 Å². The standard InChI is InChI=1S/C12H17N5/c1-16-7-5-13-9-10(16)8-11-14-12-4-2-3-6-17(12)15-11/h2-4,6,10,13H,5,7-9H2,1H3. The number of rotatable bonds is 2. The van der Waals surface area contributed by atoms with E-state index >= 15 is 0 Å². The predicted octanol–water partition coefficient (Wildman–Crippen LogP) is 0.175. The van der Waals surface area contributed by atoms with Gasteiger partial charge in [0.05, 0.1) is 0 Å². The van der Waals surface area contributed by atoms with E-state index in [0.717, 1.165) is 37.5 Å². The zero-order chi connectivity index (χ0) is 11.7. The first-order chi connectivity index (χ1) is 8.33. The molecule has 0 aromatic carbocycles. The molecular weight excluding hydrogens is 214 g/mol. The third kappa shape index (κ3) is 2.16. The maximum atomic E-state index is 4.54. The fourth-order valence-electron chi connectivity index (χ4n) is 2.27. The smallest absolute Gasteiger partial charge is 0.155 e. The van der Waals surface area contributed by atoms with Crippen LogP contribution in [-0.2, 0) is 6.42 Å². The van der Waals surface area contributed by atoms with Crippen molar-refractivity contribution in [3.8, 4) is 0 Å². The molecule has 1 aliphatic rings. The molecule has 3 heterocycles. The second-order valence-electron chi connectivity index (χ2n) is 4.57. The van der Waals surface area contributed by atoms with Gasteiger partial charge in [0.1, 0.15) is 0 Å². The highest BCUT2D eigenvalue weighted by Gasteiger charge is 2.20. The number of fused-ring (bicyclic) bond motifs is 1. The van der Waals surface area contributed by atoms with E-state index in [-0.39, 0.29) is 0 Å². The molecular formula is C12H17N5. The summed E-state index contributed by atoms with van der Waals surface area (Å²) in [5.74, 6) is 0.928. The van der Waals surface area contributed by atoms with Crippen molar-refractivity contribution in [2.24, 2.45) is 0 Å². The number of hydrogen-bond donors (Lipinski definition) is 1. The van der Waals surface area contributed by atoms with Crippen molar-refractivity contribution in [3.63, 3.8) is 0 Å². The highest BCUT2D eigenvalue weighted by Crippen LogP contribution is 2.08. The molecule has 3 rings (SSSR count). The Morgan fingerprint density at radius 1 is 1.47 bits per heavy atom. The Balaban J connectivity index is 1.79. The van der Waals surface area contributed by atoms with Gasteiger partial charge in [-0.05, 0) is 19.2 Å². The Bertz CT molecular complexity index is 473. The van der Waals surface area contributed by atoms with Crippen molar-refractivity contribution < 1.29 is 0 Å². The highest BCUT2D eigenvalue weighted by atomic mass is 15.3. The van der Waals surface area contributed by atoms with Crippen LogP contribution in [0.1, 0.15) is 5.82 Å². The van der Waals surface area contributed by atoms with Crippen LogP contribution in [0.15, 0.2) is 24.4 Å². The second-order valence-corrected chi connectivity index (χ2v) is 4.57. The van der Waals surface area contributed by atoms with Crippen LogP contribution in [0.25, 0.3) is 5.65 Å². The quantitative estimate of drug-likeness (QED) is 0.800. The molecule has 5 heteroatoms. The normalized spacial score (nSPS) is 22.1. The monoisotopic (exact) mass is 231 g/mol. The summed E-state index contributed by atoms with van der Waals surface area (Å²) in [4.78, 5) is 6.92. The Morgan fingerprint density at radius 3 is 3.24 bits per heavy atom. The van der Waals surface area contributed by atoms with Crippen LogP contribution in [-0.4, -0.2) is 52.2 Å². The van der Waals surface area contributed by atoms with Gasteiger partial charge in [0.2, 0.25) is 0 Å². The topological polar surface area (TPSA) is 45.5 Å². The molecule has 1 atom stereocenters. The van der Waals surface area contributed by atoms with Crippen LogP contribution < -0.4 is 5.32 Å². The molecule has 0 saturated carbocycles. The number of aromatic nitrogens is 3. The van der Waals surface area contributed by atoms with Gasteiger partial charge in [0.15, 0.2) is 11.5 Å². The molecule has 1 fully saturated rings. The number of nitrogens with zero attached hydrogens (tertiary/aromatic N) is 4. The van der Waals surface area contributed by atoms with Crippen molar-refractivity contribution in [3.05, 3.63) is 30.2 Å². The summed E-state index contributed by atoms with van der Waals surface area (Å²) in [6.07, 6.45) is 2.85. The first kappa shape index (κ1) is 10.7. The Morgan fingerprint density at radius 2 is 2.41 bits per heavy atom. The van der Waals surface area contributed by atoms with Crippen LogP contribution in [0.5, 0.6) is 0 Å². The molecule has 2 aromatic rings. The lowest BCUT2D eigenvalue weighted by Crippen LogP contribution is -2.50. The van der Waals surface area contributed by atoms with Gasteiger partial charge in [0.25, 0.3) is 0 Å². The molecule has 2 aromatic heterocycles. The second kappa shape index (κ2) is 4.43. The van der Waals surface area contributed by atoms with Crippen LogP contribution in [0.4, 0.5) is 0 Å². The van der Waals surface area contributed by atoms with E-state index in [1.807, 2.05) is 28.9 Å². The lowest BCUT2D eigenvalue weighted by molar-refractivity contribution is 0.197. The summed E-state index contributed by atoms with van der Waals surface area (Å²) in [6.45, 7) is 3.19. The van der Waals surface area contributed by atoms with E-state index in [1.54, 1.807) is 0 Å². The molecule has 1 aliphatic heterocycles. The van der Waals surface area contributed by atoms with E-state index in [1.165, 1.54) is 0 Å². The van der Waals surface area contributed by atoms with Gasteiger partial charge in [-0.3, -0.25) is 0 Å². The molecule has 5 nitrogen and oxygen atoms in total. The minimum Gasteiger partial charge on any atom is -0.314 e. The van der Waals surface area contributed by atoms with Crippen molar-refractivity contribution in [1.82, 2.24) is 24.8 Å². The van der Waals surface area contributed by atoms with Crippen molar-refractivity contribution >= 4 is 5.65 Å². The first-order valence-corrected chi connectivity index (χ1v) is 6.04. The number of nitrogens with one attached hydrogen (secondary N) is 1. The zero-order valence-corrected chi connectivity index (χ0v) is 10.0. The van der Waals surface area contributed by atoms with E-state index < -0.39 is 0 Å². The van der Waals surface area contributed by atoms with Gasteiger partial charge in [-0.1, -0.05) is 6.07 Å². The lowest BCUT2D eigenvalue weighted by Gasteiger charge is -2.32. The summed E-state index contributed by atoms with van der Waals surface area (Å²) >= 11 is 0. The molecule has 17 heavy (non-hydrogen) atoms. The van der Waals surface area contributed by atoms with Crippen LogP contribution in [0.3, 0.4) is 0 Å². The number of likely N-dealkylation sites (N-methyl/N-ethyl adjacent to an activating group) is 1. The molecule has 0 bridgehead atoms. The van der Waals surface area contributed by atoms with E-state index in [4.69, 9.17) is 0 Å². The van der Waals surface area contributed by atoms with Gasteiger partial charge < -0.3 is 10.2 Å². The summed E-state index contributed by atoms with van der Waals surface area (Å²) in [5.41, 5.74) is 0.925. The predicted molar refractivity (Wildman–Crippen MR) is 66.0 cm³/mol. The zero-order valence-electron chi connectivity index (χ0n) is 10.0. The van der Waals surface area contributed by atoms with Crippen molar-refractivity contribution in [1.29, 1.82) is 0 Å². The number of piperazine rings is 1. The van der Waals surface area contributed by atoms with Gasteiger partial charge >= 0.3 is 0 Å². The Labute approximate surface area is 100 Å². The molecule has 1 N–H and O–H groups in total. The van der Waals surface area contributed by atoms with Crippen LogP contribution in [0.2, 0.25) is 0 Å². The molecule has 0 amide bonds. The third-order valence-electron chi connectivity index (χ3n) is 3.35. The highest BCUT2D eigenvalue weighted by molar-refractivity contribution is 5.36. The SMILES string of the molecule is CN1CCNCC1Cc1nc2ccccn2n1. The van der Waals surface area contributed by atoms with Gasteiger partial charge in [-0.25, -0.2) is 9.50 Å². The molecule has 0 radical (unpaired) electrons. The summed E-state index contributed by atoms with van der Waals surface area (Å²) in [5, 5.41) is 7.91. The fourth-order valence-corrected chi connectivity index (χ4v) is 2.27. The fraction of sp³-hybridized carbons (Fsp3) is 0.500. The van der Waals surface area contributed by atoms with Crippen molar-refractivity contribution in [2.75, 3.05) is 26.7 Å². The van der Waals surface area contributed by atoms with Gasteiger partial charge in [0, 0.05) is 38.3 Å². The van der Waals surface area contributed by atoms with Gasteiger partial charge in [-0.2, -0.15) is 5.10 Å². The summed E-state index contributed by atoms with van der Waals surface area (Å²) in [7, 11) is 2.17. The van der Waals surface area contributed by atoms with E-state index in [9.17, 15) is 0 Å². The van der Waals surface area contributed by atoms with Crippen LogP contribution >= 0.6 is 0 Å². The van der Waals surface area contributed by atoms with Crippen molar-refractivity contribution in [2.45, 2.75) is 12.5 Å². The Hall–Kier alpha value is -1.46. The number of hydrogen-bond acceptors (Lipinski definition) is 4. The van der Waals surface area contributed by atoms with Crippen LogP contribution in [0, 0.1) is 0 Å². The molecule has 0 aliphatic carbocycles. The Kier molecular flexibility index (Phi) is 2.78. The third-order valence-corrected chi connectivity index (χ3v) is 3.35. The summed E-state index contributed by atoms with van der Waals surface area (Å²) in [6, 6.07) is 6.45. The van der Waals surface area contributed by atoms with E-state index in [0.29, 0.717) is 6.04 Å². The molecule has 0 spiro atoms. The molecule has 90 valence electrons. The maximum Gasteiger partial charge on any atom is 0.155 e. The molecule has 1 saturated heterocycles. The average Bonchev–Trinajstić information content (AvgIpc) is 2.74. The lowest BCUT2D eigenvalue weighted by atomic mass is 10.1. The number of pyridine rings is 1. The van der Waals surface area contributed by atoms with E-state index in [2.05, 4.69) is 27.3 Å². The largest absolute Gasteiger partial charge is 0.314 e. The first-order valence-electron chi connectivity index (χ1n) is 6.04. The summed E-state index contributed by atoms with van der Waals surface area (Å²) < 4.78 is 1.84. The molecule has 1 unspecified atom stereocenters. The minimum absolute atomic E-state index is 0.501.